The lowest BCUT2D eigenvalue weighted by Gasteiger charge is -1.96. The molecule has 0 aliphatic heterocycles. The highest BCUT2D eigenvalue weighted by Gasteiger charge is 1.95. The van der Waals surface area contributed by atoms with Gasteiger partial charge in [-0.15, -0.1) is 0 Å². The van der Waals surface area contributed by atoms with Gasteiger partial charge in [-0.1, -0.05) is 28.9 Å². The highest BCUT2D eigenvalue weighted by atomic mass is 35.5. The van der Waals surface area contributed by atoms with Crippen LogP contribution in [0.1, 0.15) is 12.5 Å². The number of hydrogen-bond donors (Lipinski definition) is 1. The molecular weight excluding hydrogens is 162 g/mol. The van der Waals surface area contributed by atoms with Gasteiger partial charge in [0.2, 0.25) is 0 Å². The lowest BCUT2D eigenvalue weighted by atomic mass is 10.1. The first-order valence-electron chi connectivity index (χ1n) is 3.18. The molecule has 0 aliphatic carbocycles. The maximum Gasteiger partial charge on any atom is 0.0836 e. The topological polar surface area (TPSA) is 32.6 Å². The molecule has 0 atom stereocenters. The third-order valence-corrected chi connectivity index (χ3v) is 1.66. The van der Waals surface area contributed by atoms with E-state index in [-0.39, 0.29) is 0 Å². The fourth-order valence-electron chi connectivity index (χ4n) is 0.749. The summed E-state index contributed by atoms with van der Waals surface area (Å²) in [6, 6.07) is 7.12. The predicted molar refractivity (Wildman–Crippen MR) is 45.4 cm³/mol. The van der Waals surface area contributed by atoms with Gasteiger partial charge in [0.25, 0.3) is 0 Å². The normalized spacial score (nSPS) is 11.6. The van der Waals surface area contributed by atoms with Crippen molar-refractivity contribution in [3.63, 3.8) is 0 Å². The molecule has 11 heavy (non-hydrogen) atoms. The molecule has 0 heterocycles. The van der Waals surface area contributed by atoms with E-state index in [1.54, 1.807) is 31.2 Å². The zero-order valence-electron chi connectivity index (χ0n) is 6.08. The number of rotatable bonds is 1. The van der Waals surface area contributed by atoms with Crippen LogP contribution in [0.2, 0.25) is 5.02 Å². The molecule has 0 aliphatic rings. The molecule has 58 valence electrons. The monoisotopic (exact) mass is 169 g/mol. The molecule has 1 N–H and O–H groups in total. The van der Waals surface area contributed by atoms with Crippen LogP contribution in [0.25, 0.3) is 0 Å². The largest absolute Gasteiger partial charge is 0.411 e. The van der Waals surface area contributed by atoms with Crippen molar-refractivity contribution in [2.45, 2.75) is 6.92 Å². The summed E-state index contributed by atoms with van der Waals surface area (Å²) in [5.74, 6) is 0. The summed E-state index contributed by atoms with van der Waals surface area (Å²) in [7, 11) is 0. The summed E-state index contributed by atoms with van der Waals surface area (Å²) < 4.78 is 0. The molecular formula is C8H8ClNO. The first-order valence-corrected chi connectivity index (χ1v) is 3.56. The first kappa shape index (κ1) is 8.08. The van der Waals surface area contributed by atoms with Crippen molar-refractivity contribution >= 4 is 17.3 Å². The van der Waals surface area contributed by atoms with Crippen LogP contribution in [0.4, 0.5) is 0 Å². The standard InChI is InChI=1S/C8H8ClNO/c1-6(10-11)7-2-4-8(9)5-3-7/h2-5,11H,1H3/b10-6+. The Morgan fingerprint density at radius 1 is 1.36 bits per heavy atom. The lowest BCUT2D eigenvalue weighted by molar-refractivity contribution is 0.319. The Balaban J connectivity index is 2.99. The quantitative estimate of drug-likeness (QED) is 0.391. The molecule has 0 amide bonds. The van der Waals surface area contributed by atoms with E-state index < -0.39 is 0 Å². The molecule has 3 heteroatoms. The van der Waals surface area contributed by atoms with Gasteiger partial charge in [0.1, 0.15) is 0 Å². The average molecular weight is 170 g/mol. The highest BCUT2D eigenvalue weighted by Crippen LogP contribution is 2.09. The van der Waals surface area contributed by atoms with Crippen molar-refractivity contribution in [3.05, 3.63) is 34.9 Å². The fraction of sp³-hybridized carbons (Fsp3) is 0.125. The van der Waals surface area contributed by atoms with Crippen LogP contribution in [0.3, 0.4) is 0 Å². The summed E-state index contributed by atoms with van der Waals surface area (Å²) in [5, 5.41) is 12.2. The number of halogens is 1. The van der Waals surface area contributed by atoms with Crippen LogP contribution < -0.4 is 0 Å². The third kappa shape index (κ3) is 1.95. The molecule has 0 radical (unpaired) electrons. The van der Waals surface area contributed by atoms with Crippen molar-refractivity contribution in [1.82, 2.24) is 0 Å². The molecule has 0 aromatic heterocycles. The molecule has 1 aromatic rings. The highest BCUT2D eigenvalue weighted by molar-refractivity contribution is 6.30. The van der Waals surface area contributed by atoms with Crippen LogP contribution in [-0.2, 0) is 0 Å². The summed E-state index contributed by atoms with van der Waals surface area (Å²) in [5.41, 5.74) is 1.46. The van der Waals surface area contributed by atoms with Gasteiger partial charge in [-0.3, -0.25) is 0 Å². The molecule has 0 unspecified atom stereocenters. The first-order chi connectivity index (χ1) is 5.24. The van der Waals surface area contributed by atoms with Gasteiger partial charge in [-0.25, -0.2) is 0 Å². The van der Waals surface area contributed by atoms with E-state index in [4.69, 9.17) is 16.8 Å². The van der Waals surface area contributed by atoms with Crippen LogP contribution in [0.15, 0.2) is 29.4 Å². The second-order valence-corrected chi connectivity index (χ2v) is 2.63. The molecule has 0 bridgehead atoms. The zero-order valence-corrected chi connectivity index (χ0v) is 6.84. The van der Waals surface area contributed by atoms with E-state index in [0.29, 0.717) is 10.7 Å². The van der Waals surface area contributed by atoms with Gasteiger partial charge in [0.05, 0.1) is 5.71 Å². The number of benzene rings is 1. The van der Waals surface area contributed by atoms with E-state index in [2.05, 4.69) is 5.16 Å². The van der Waals surface area contributed by atoms with Crippen molar-refractivity contribution < 1.29 is 5.21 Å². The van der Waals surface area contributed by atoms with Crippen LogP contribution in [-0.4, -0.2) is 10.9 Å². The van der Waals surface area contributed by atoms with E-state index in [0.717, 1.165) is 5.56 Å². The lowest BCUT2D eigenvalue weighted by Crippen LogP contribution is -1.92. The van der Waals surface area contributed by atoms with Gasteiger partial charge >= 0.3 is 0 Å². The molecule has 2 nitrogen and oxygen atoms in total. The Morgan fingerprint density at radius 3 is 2.36 bits per heavy atom. The van der Waals surface area contributed by atoms with Crippen LogP contribution in [0, 0.1) is 0 Å². The number of oxime groups is 1. The van der Waals surface area contributed by atoms with Gasteiger partial charge in [0.15, 0.2) is 0 Å². The summed E-state index contributed by atoms with van der Waals surface area (Å²) >= 11 is 5.66. The SMILES string of the molecule is C/C(=N\O)c1ccc(Cl)cc1. The Morgan fingerprint density at radius 2 is 1.91 bits per heavy atom. The summed E-state index contributed by atoms with van der Waals surface area (Å²) in [6.45, 7) is 1.73. The van der Waals surface area contributed by atoms with Gasteiger partial charge in [-0.05, 0) is 24.6 Å². The van der Waals surface area contributed by atoms with Gasteiger partial charge in [0, 0.05) is 5.02 Å². The molecule has 1 aromatic carbocycles. The number of nitrogens with zero attached hydrogens (tertiary/aromatic N) is 1. The molecule has 0 fully saturated rings. The minimum absolute atomic E-state index is 0.585. The van der Waals surface area contributed by atoms with Crippen molar-refractivity contribution in [2.24, 2.45) is 5.16 Å². The average Bonchev–Trinajstić information content (AvgIpc) is 2.05. The summed E-state index contributed by atoms with van der Waals surface area (Å²) in [6.07, 6.45) is 0. The minimum atomic E-state index is 0.585. The fourth-order valence-corrected chi connectivity index (χ4v) is 0.875. The van der Waals surface area contributed by atoms with Gasteiger partial charge in [-0.2, -0.15) is 0 Å². The maximum atomic E-state index is 8.41. The second kappa shape index (κ2) is 3.39. The van der Waals surface area contributed by atoms with Crippen molar-refractivity contribution in [1.29, 1.82) is 0 Å². The number of hydrogen-bond acceptors (Lipinski definition) is 2. The van der Waals surface area contributed by atoms with E-state index in [1.807, 2.05) is 0 Å². The molecule has 0 saturated carbocycles. The van der Waals surface area contributed by atoms with Crippen LogP contribution >= 0.6 is 11.6 Å². The maximum absolute atomic E-state index is 8.41. The van der Waals surface area contributed by atoms with Crippen molar-refractivity contribution in [3.8, 4) is 0 Å². The van der Waals surface area contributed by atoms with Gasteiger partial charge < -0.3 is 5.21 Å². The van der Waals surface area contributed by atoms with Crippen LogP contribution in [0.5, 0.6) is 0 Å². The van der Waals surface area contributed by atoms with E-state index in [1.165, 1.54) is 0 Å². The summed E-state index contributed by atoms with van der Waals surface area (Å²) in [4.78, 5) is 0. The van der Waals surface area contributed by atoms with E-state index >= 15 is 0 Å². The third-order valence-electron chi connectivity index (χ3n) is 1.41. The minimum Gasteiger partial charge on any atom is -0.411 e. The van der Waals surface area contributed by atoms with E-state index in [9.17, 15) is 0 Å². The Bertz CT molecular complexity index is 266. The zero-order chi connectivity index (χ0) is 8.27. The Labute approximate surface area is 70.1 Å². The Kier molecular flexibility index (Phi) is 2.49. The van der Waals surface area contributed by atoms with Crippen molar-refractivity contribution in [2.75, 3.05) is 0 Å². The molecule has 1 rings (SSSR count). The predicted octanol–water partition coefficient (Wildman–Crippen LogP) is 2.54. The second-order valence-electron chi connectivity index (χ2n) is 2.19. The molecule has 0 spiro atoms. The smallest absolute Gasteiger partial charge is 0.0836 e. The Hall–Kier alpha value is -1.02. The molecule has 0 saturated heterocycles.